The summed E-state index contributed by atoms with van der Waals surface area (Å²) in [6, 6.07) is 6.45. The van der Waals surface area contributed by atoms with Crippen LogP contribution in [0, 0.1) is 13.8 Å². The Labute approximate surface area is 127 Å². The van der Waals surface area contributed by atoms with E-state index in [4.69, 9.17) is 0 Å². The third-order valence-electron chi connectivity index (χ3n) is 4.67. The van der Waals surface area contributed by atoms with Gasteiger partial charge >= 0.3 is 0 Å². The Balaban J connectivity index is 2.28. The smallest absolute Gasteiger partial charge is 0.245 e. The van der Waals surface area contributed by atoms with Crippen molar-refractivity contribution in [3.05, 3.63) is 29.3 Å². The highest BCUT2D eigenvalue weighted by Crippen LogP contribution is 2.30. The number of benzene rings is 1. The fraction of sp³-hybridized carbons (Fsp3) is 0.588. The summed E-state index contributed by atoms with van der Waals surface area (Å²) in [5.41, 5.74) is 2.74. The Hall–Kier alpha value is -1.39. The maximum absolute atomic E-state index is 13.0. The molecule has 0 radical (unpaired) electrons. The molecule has 1 fully saturated rings. The molecule has 0 bridgehead atoms. The lowest BCUT2D eigenvalue weighted by Crippen LogP contribution is -2.61. The third-order valence-corrected chi connectivity index (χ3v) is 4.67. The number of likely N-dealkylation sites (N-methyl/N-ethyl adjacent to an activating group) is 1. The van der Waals surface area contributed by atoms with Crippen molar-refractivity contribution in [1.82, 2.24) is 10.2 Å². The standard InChI is InChI=1S/C17H27N3O/c1-12-7-6-8-13(2)15(12)19-16(21)17(20(4)5)9-10-18-14(3)11-17/h6-8,14,18H,9-11H2,1-5H3,(H,19,21). The zero-order valence-electron chi connectivity index (χ0n) is 13.8. The van der Waals surface area contributed by atoms with E-state index in [0.717, 1.165) is 36.2 Å². The minimum atomic E-state index is -0.431. The minimum absolute atomic E-state index is 0.109. The van der Waals surface area contributed by atoms with Gasteiger partial charge in [0.2, 0.25) is 5.91 Å². The van der Waals surface area contributed by atoms with Crippen molar-refractivity contribution in [2.45, 2.75) is 45.2 Å². The zero-order valence-corrected chi connectivity index (χ0v) is 13.8. The maximum atomic E-state index is 13.0. The van der Waals surface area contributed by atoms with Crippen LogP contribution in [0.4, 0.5) is 5.69 Å². The second kappa shape index (κ2) is 6.16. The molecule has 2 N–H and O–H groups in total. The first-order chi connectivity index (χ1) is 9.86. The van der Waals surface area contributed by atoms with Crippen molar-refractivity contribution in [2.75, 3.05) is 26.0 Å². The highest BCUT2D eigenvalue weighted by Gasteiger charge is 2.43. The number of hydrogen-bond donors (Lipinski definition) is 2. The molecule has 2 atom stereocenters. The molecule has 21 heavy (non-hydrogen) atoms. The minimum Gasteiger partial charge on any atom is -0.324 e. The largest absolute Gasteiger partial charge is 0.324 e. The molecule has 1 aliphatic heterocycles. The van der Waals surface area contributed by atoms with Crippen LogP contribution in [-0.4, -0.2) is 43.0 Å². The van der Waals surface area contributed by atoms with Gasteiger partial charge in [-0.2, -0.15) is 0 Å². The van der Waals surface area contributed by atoms with Crippen molar-refractivity contribution in [3.63, 3.8) is 0 Å². The van der Waals surface area contributed by atoms with Crippen LogP contribution in [0.25, 0.3) is 0 Å². The lowest BCUT2D eigenvalue weighted by Gasteiger charge is -2.44. The molecule has 116 valence electrons. The van der Waals surface area contributed by atoms with E-state index in [2.05, 4.69) is 22.5 Å². The first-order valence-electron chi connectivity index (χ1n) is 7.65. The Bertz CT molecular complexity index is 507. The predicted molar refractivity (Wildman–Crippen MR) is 87.7 cm³/mol. The molecule has 1 aliphatic rings. The molecule has 1 aromatic rings. The van der Waals surface area contributed by atoms with Gasteiger partial charge in [-0.3, -0.25) is 9.69 Å². The molecule has 1 aromatic carbocycles. The molecule has 2 rings (SSSR count). The maximum Gasteiger partial charge on any atom is 0.245 e. The quantitative estimate of drug-likeness (QED) is 0.897. The summed E-state index contributed by atoms with van der Waals surface area (Å²) in [4.78, 5) is 15.1. The number of piperidine rings is 1. The van der Waals surface area contributed by atoms with E-state index in [1.807, 2.05) is 46.1 Å². The van der Waals surface area contributed by atoms with Gasteiger partial charge in [0.05, 0.1) is 0 Å². The summed E-state index contributed by atoms with van der Waals surface area (Å²) < 4.78 is 0. The van der Waals surface area contributed by atoms with Crippen molar-refractivity contribution >= 4 is 11.6 Å². The Morgan fingerprint density at radius 2 is 1.95 bits per heavy atom. The predicted octanol–water partition coefficient (Wildman–Crippen LogP) is 2.31. The van der Waals surface area contributed by atoms with Gasteiger partial charge < -0.3 is 10.6 Å². The fourth-order valence-corrected chi connectivity index (χ4v) is 3.26. The third kappa shape index (κ3) is 3.11. The van der Waals surface area contributed by atoms with Crippen LogP contribution in [0.3, 0.4) is 0 Å². The van der Waals surface area contributed by atoms with Crippen molar-refractivity contribution in [2.24, 2.45) is 0 Å². The highest BCUT2D eigenvalue weighted by molar-refractivity contribution is 5.99. The molecule has 2 unspecified atom stereocenters. The van der Waals surface area contributed by atoms with E-state index < -0.39 is 5.54 Å². The molecule has 0 spiro atoms. The topological polar surface area (TPSA) is 44.4 Å². The Morgan fingerprint density at radius 3 is 2.48 bits per heavy atom. The lowest BCUT2D eigenvalue weighted by atomic mass is 9.82. The second-order valence-corrected chi connectivity index (χ2v) is 6.46. The molecule has 1 saturated heterocycles. The van der Waals surface area contributed by atoms with E-state index in [1.165, 1.54) is 0 Å². The SMILES string of the molecule is Cc1cccc(C)c1NC(=O)C1(N(C)C)CCNC(C)C1. The van der Waals surface area contributed by atoms with E-state index in [9.17, 15) is 4.79 Å². The number of carbonyl (C=O) groups is 1. The molecule has 0 aliphatic carbocycles. The first kappa shape index (κ1) is 16.0. The molecule has 1 heterocycles. The average Bonchev–Trinajstić information content (AvgIpc) is 2.42. The molecular formula is C17H27N3O. The van der Waals surface area contributed by atoms with Crippen LogP contribution >= 0.6 is 0 Å². The van der Waals surface area contributed by atoms with Gasteiger partial charge in [-0.25, -0.2) is 0 Å². The first-order valence-corrected chi connectivity index (χ1v) is 7.65. The van der Waals surface area contributed by atoms with Crippen molar-refractivity contribution in [3.8, 4) is 0 Å². The number of hydrogen-bond acceptors (Lipinski definition) is 3. The summed E-state index contributed by atoms with van der Waals surface area (Å²) in [5.74, 6) is 0.109. The van der Waals surface area contributed by atoms with E-state index in [-0.39, 0.29) is 5.91 Å². The highest BCUT2D eigenvalue weighted by atomic mass is 16.2. The second-order valence-electron chi connectivity index (χ2n) is 6.46. The summed E-state index contributed by atoms with van der Waals surface area (Å²) >= 11 is 0. The number of anilines is 1. The summed E-state index contributed by atoms with van der Waals surface area (Å²) in [6.07, 6.45) is 1.66. The van der Waals surface area contributed by atoms with E-state index in [1.54, 1.807) is 0 Å². The van der Waals surface area contributed by atoms with Gasteiger partial charge in [0.15, 0.2) is 0 Å². The van der Waals surface area contributed by atoms with Crippen LogP contribution < -0.4 is 10.6 Å². The van der Waals surface area contributed by atoms with Crippen molar-refractivity contribution in [1.29, 1.82) is 0 Å². The molecular weight excluding hydrogens is 262 g/mol. The van der Waals surface area contributed by atoms with Gasteiger partial charge in [0.1, 0.15) is 5.54 Å². The van der Waals surface area contributed by atoms with Gasteiger partial charge in [-0.1, -0.05) is 18.2 Å². The number of aryl methyl sites for hydroxylation is 2. The molecule has 1 amide bonds. The number of rotatable bonds is 3. The molecule has 0 aromatic heterocycles. The van der Waals surface area contributed by atoms with Gasteiger partial charge in [0, 0.05) is 11.7 Å². The monoisotopic (exact) mass is 289 g/mol. The zero-order chi connectivity index (χ0) is 15.6. The number of para-hydroxylation sites is 1. The fourth-order valence-electron chi connectivity index (χ4n) is 3.26. The molecule has 0 saturated carbocycles. The van der Waals surface area contributed by atoms with E-state index >= 15 is 0 Å². The number of carbonyl (C=O) groups excluding carboxylic acids is 1. The molecule has 4 nitrogen and oxygen atoms in total. The summed E-state index contributed by atoms with van der Waals surface area (Å²) in [7, 11) is 4.00. The average molecular weight is 289 g/mol. The van der Waals surface area contributed by atoms with E-state index in [0.29, 0.717) is 6.04 Å². The van der Waals surface area contributed by atoms with Crippen LogP contribution in [0.1, 0.15) is 30.9 Å². The van der Waals surface area contributed by atoms with Gasteiger partial charge in [-0.05, 0) is 65.4 Å². The lowest BCUT2D eigenvalue weighted by molar-refractivity contribution is -0.128. The Morgan fingerprint density at radius 1 is 1.33 bits per heavy atom. The normalized spacial score (nSPS) is 25.9. The molecule has 4 heteroatoms. The number of nitrogens with one attached hydrogen (secondary N) is 2. The van der Waals surface area contributed by atoms with Gasteiger partial charge in [0.25, 0.3) is 0 Å². The number of amides is 1. The van der Waals surface area contributed by atoms with Crippen LogP contribution in [0.5, 0.6) is 0 Å². The van der Waals surface area contributed by atoms with Crippen molar-refractivity contribution < 1.29 is 4.79 Å². The van der Waals surface area contributed by atoms with Crippen LogP contribution in [-0.2, 0) is 4.79 Å². The van der Waals surface area contributed by atoms with Crippen LogP contribution in [0.15, 0.2) is 18.2 Å². The number of nitrogens with zero attached hydrogens (tertiary/aromatic N) is 1. The van der Waals surface area contributed by atoms with Gasteiger partial charge in [-0.15, -0.1) is 0 Å². The van der Waals surface area contributed by atoms with Crippen LogP contribution in [0.2, 0.25) is 0 Å². The Kier molecular flexibility index (Phi) is 4.69. The summed E-state index contributed by atoms with van der Waals surface area (Å²) in [5, 5.41) is 6.61. The summed E-state index contributed by atoms with van der Waals surface area (Å²) in [6.45, 7) is 7.09.